The molecular formula is C24H41N3O5. The van der Waals surface area contributed by atoms with Crippen molar-refractivity contribution in [3.8, 4) is 0 Å². The number of amides is 1. The Hall–Kier alpha value is -1.67. The van der Waals surface area contributed by atoms with Crippen LogP contribution in [0.5, 0.6) is 0 Å². The fourth-order valence-electron chi connectivity index (χ4n) is 6.09. The quantitative estimate of drug-likeness (QED) is 0.357. The second kappa shape index (κ2) is 12.0. The summed E-state index contributed by atoms with van der Waals surface area (Å²) in [6, 6.07) is -2.13. The molecule has 4 N–H and O–H groups in total. The third kappa shape index (κ3) is 6.44. The smallest absolute Gasteiger partial charge is 0.326 e. The molecule has 0 radical (unpaired) electrons. The summed E-state index contributed by atoms with van der Waals surface area (Å²) in [6.45, 7) is 3.91. The standard InChI is InChI=1S/C24H41N3O5/c1-16(27-20-10-6-5-8-18(20)15-21(27)24(31)32)22(28)26-19(23(29)30)9-4-2-3-7-17-11-13-25-14-12-17/h16-21,25H,2-15H2,1H3,(H,26,28)(H,29,30)(H,31,32). The topological polar surface area (TPSA) is 119 Å². The molecule has 0 aromatic rings. The molecule has 8 heteroatoms. The average Bonchev–Trinajstić information content (AvgIpc) is 3.18. The van der Waals surface area contributed by atoms with Crippen molar-refractivity contribution in [1.82, 2.24) is 15.5 Å². The molecule has 1 saturated carbocycles. The van der Waals surface area contributed by atoms with Crippen LogP contribution in [-0.2, 0) is 14.4 Å². The van der Waals surface area contributed by atoms with E-state index in [1.807, 2.05) is 4.90 Å². The molecule has 5 unspecified atom stereocenters. The zero-order chi connectivity index (χ0) is 23.1. The first-order valence-corrected chi connectivity index (χ1v) is 12.6. The lowest BCUT2D eigenvalue weighted by molar-refractivity contribution is -0.147. The highest BCUT2D eigenvalue weighted by atomic mass is 16.4. The van der Waals surface area contributed by atoms with Gasteiger partial charge in [0.25, 0.3) is 0 Å². The van der Waals surface area contributed by atoms with Gasteiger partial charge in [-0.3, -0.25) is 14.5 Å². The molecule has 8 nitrogen and oxygen atoms in total. The van der Waals surface area contributed by atoms with Crippen molar-refractivity contribution in [1.29, 1.82) is 0 Å². The van der Waals surface area contributed by atoms with Crippen molar-refractivity contribution in [2.24, 2.45) is 11.8 Å². The van der Waals surface area contributed by atoms with E-state index in [2.05, 4.69) is 10.6 Å². The highest BCUT2D eigenvalue weighted by Gasteiger charge is 2.48. The lowest BCUT2D eigenvalue weighted by atomic mass is 9.84. The number of unbranched alkanes of at least 4 members (excludes halogenated alkanes) is 2. The summed E-state index contributed by atoms with van der Waals surface area (Å²) in [7, 11) is 0. The van der Waals surface area contributed by atoms with Crippen LogP contribution in [0.1, 0.15) is 84.0 Å². The summed E-state index contributed by atoms with van der Waals surface area (Å²) in [5.41, 5.74) is 0. The second-order valence-electron chi connectivity index (χ2n) is 10.1. The van der Waals surface area contributed by atoms with Crippen molar-refractivity contribution in [3.05, 3.63) is 0 Å². The summed E-state index contributed by atoms with van der Waals surface area (Å²) < 4.78 is 0. The largest absolute Gasteiger partial charge is 0.480 e. The molecule has 182 valence electrons. The third-order valence-electron chi connectivity index (χ3n) is 7.93. The SMILES string of the molecule is CC(C(=O)NC(CCCCCC1CCNCC1)C(=O)O)N1C(C(=O)O)CC2CCCCC21. The van der Waals surface area contributed by atoms with E-state index in [4.69, 9.17) is 0 Å². The van der Waals surface area contributed by atoms with Gasteiger partial charge in [-0.05, 0) is 70.4 Å². The van der Waals surface area contributed by atoms with E-state index in [9.17, 15) is 24.6 Å². The van der Waals surface area contributed by atoms with Crippen molar-refractivity contribution in [2.45, 2.75) is 108 Å². The normalized spacial score (nSPS) is 28.6. The van der Waals surface area contributed by atoms with Crippen LogP contribution >= 0.6 is 0 Å². The van der Waals surface area contributed by atoms with Crippen LogP contribution in [0.15, 0.2) is 0 Å². The second-order valence-corrected chi connectivity index (χ2v) is 10.1. The number of fused-ring (bicyclic) bond motifs is 1. The monoisotopic (exact) mass is 451 g/mol. The highest BCUT2D eigenvalue weighted by molar-refractivity contribution is 5.87. The molecular weight excluding hydrogens is 410 g/mol. The first-order chi connectivity index (χ1) is 15.4. The van der Waals surface area contributed by atoms with E-state index in [-0.39, 0.29) is 11.9 Å². The maximum absolute atomic E-state index is 13.0. The van der Waals surface area contributed by atoms with Gasteiger partial charge in [0.1, 0.15) is 12.1 Å². The van der Waals surface area contributed by atoms with Gasteiger partial charge in [-0.2, -0.15) is 0 Å². The molecule has 0 spiro atoms. The van der Waals surface area contributed by atoms with E-state index < -0.39 is 30.1 Å². The lowest BCUT2D eigenvalue weighted by Gasteiger charge is -2.36. The minimum atomic E-state index is -1.02. The number of hydrogen-bond acceptors (Lipinski definition) is 5. The fraction of sp³-hybridized carbons (Fsp3) is 0.875. The Balaban J connectivity index is 1.48. The van der Waals surface area contributed by atoms with Crippen LogP contribution in [-0.4, -0.2) is 70.2 Å². The maximum Gasteiger partial charge on any atom is 0.326 e. The van der Waals surface area contributed by atoms with Gasteiger partial charge in [-0.25, -0.2) is 4.79 Å². The molecule has 3 fully saturated rings. The predicted molar refractivity (Wildman–Crippen MR) is 121 cm³/mol. The molecule has 0 bridgehead atoms. The van der Waals surface area contributed by atoms with Gasteiger partial charge in [0.2, 0.25) is 5.91 Å². The molecule has 0 aromatic heterocycles. The van der Waals surface area contributed by atoms with Crippen molar-refractivity contribution in [3.63, 3.8) is 0 Å². The van der Waals surface area contributed by atoms with Crippen LogP contribution in [0.3, 0.4) is 0 Å². The number of nitrogens with zero attached hydrogens (tertiary/aromatic N) is 1. The Kier molecular flexibility index (Phi) is 9.34. The zero-order valence-corrected chi connectivity index (χ0v) is 19.4. The van der Waals surface area contributed by atoms with E-state index in [1.165, 1.54) is 19.3 Å². The molecule has 3 aliphatic rings. The molecule has 32 heavy (non-hydrogen) atoms. The molecule has 2 saturated heterocycles. The van der Waals surface area contributed by atoms with Gasteiger partial charge in [0.05, 0.1) is 6.04 Å². The van der Waals surface area contributed by atoms with E-state index >= 15 is 0 Å². The minimum absolute atomic E-state index is 0.101. The molecule has 0 aromatic carbocycles. The predicted octanol–water partition coefficient (Wildman–Crippen LogP) is 2.61. The van der Waals surface area contributed by atoms with Gasteiger partial charge in [0, 0.05) is 6.04 Å². The molecule has 5 atom stereocenters. The number of rotatable bonds is 11. The lowest BCUT2D eigenvalue weighted by Crippen LogP contribution is -2.55. The maximum atomic E-state index is 13.0. The highest BCUT2D eigenvalue weighted by Crippen LogP contribution is 2.41. The third-order valence-corrected chi connectivity index (χ3v) is 7.93. The Morgan fingerprint density at radius 3 is 2.44 bits per heavy atom. The number of piperidine rings is 1. The zero-order valence-electron chi connectivity index (χ0n) is 19.4. The number of aliphatic carboxylic acids is 2. The van der Waals surface area contributed by atoms with Gasteiger partial charge in [-0.15, -0.1) is 0 Å². The number of nitrogens with one attached hydrogen (secondary N) is 2. The summed E-state index contributed by atoms with van der Waals surface area (Å²) in [6.07, 6.45) is 11.5. The van der Waals surface area contributed by atoms with Crippen LogP contribution in [0.4, 0.5) is 0 Å². The molecule has 3 rings (SSSR count). The number of likely N-dealkylation sites (tertiary alicyclic amines) is 1. The Bertz CT molecular complexity index is 652. The van der Waals surface area contributed by atoms with Crippen LogP contribution < -0.4 is 10.6 Å². The van der Waals surface area contributed by atoms with Crippen LogP contribution in [0, 0.1) is 11.8 Å². The van der Waals surface area contributed by atoms with Crippen LogP contribution in [0.25, 0.3) is 0 Å². The number of carboxylic acids is 2. The molecule has 2 aliphatic heterocycles. The van der Waals surface area contributed by atoms with Crippen molar-refractivity contribution >= 4 is 17.8 Å². The number of carboxylic acid groups (broad SMARTS) is 2. The average molecular weight is 452 g/mol. The first kappa shape index (κ1) is 25.0. The summed E-state index contributed by atoms with van der Waals surface area (Å²) >= 11 is 0. The molecule has 1 aliphatic carbocycles. The number of hydrogen-bond donors (Lipinski definition) is 4. The van der Waals surface area contributed by atoms with Gasteiger partial charge < -0.3 is 20.8 Å². The van der Waals surface area contributed by atoms with Crippen LogP contribution in [0.2, 0.25) is 0 Å². The van der Waals surface area contributed by atoms with Gasteiger partial charge in [0.15, 0.2) is 0 Å². The number of carbonyl (C=O) groups is 3. The fourth-order valence-corrected chi connectivity index (χ4v) is 6.09. The van der Waals surface area contributed by atoms with Crippen molar-refractivity contribution in [2.75, 3.05) is 13.1 Å². The first-order valence-electron chi connectivity index (χ1n) is 12.6. The van der Waals surface area contributed by atoms with E-state index in [1.54, 1.807) is 6.92 Å². The molecule has 1 amide bonds. The summed E-state index contributed by atoms with van der Waals surface area (Å²) in [4.78, 5) is 38.4. The summed E-state index contributed by atoms with van der Waals surface area (Å²) in [5, 5.41) is 25.4. The van der Waals surface area contributed by atoms with E-state index in [0.29, 0.717) is 18.8 Å². The Morgan fingerprint density at radius 1 is 1.03 bits per heavy atom. The summed E-state index contributed by atoms with van der Waals surface area (Å²) in [5.74, 6) is -1.18. The minimum Gasteiger partial charge on any atom is -0.480 e. The van der Waals surface area contributed by atoms with Gasteiger partial charge in [-0.1, -0.05) is 38.5 Å². The number of carbonyl (C=O) groups excluding carboxylic acids is 1. The van der Waals surface area contributed by atoms with Gasteiger partial charge >= 0.3 is 11.9 Å². The Labute approximate surface area is 191 Å². The van der Waals surface area contributed by atoms with E-state index in [0.717, 1.165) is 64.0 Å². The van der Waals surface area contributed by atoms with Crippen molar-refractivity contribution < 1.29 is 24.6 Å². The Morgan fingerprint density at radius 2 is 1.75 bits per heavy atom. The molecule has 2 heterocycles.